The van der Waals surface area contributed by atoms with Gasteiger partial charge < -0.3 is 5.32 Å². The van der Waals surface area contributed by atoms with Gasteiger partial charge in [0.25, 0.3) is 10.0 Å². The minimum absolute atomic E-state index is 0.175. The van der Waals surface area contributed by atoms with Gasteiger partial charge in [-0.25, -0.2) is 22.5 Å². The lowest BCUT2D eigenvalue weighted by Gasteiger charge is -2.12. The second kappa shape index (κ2) is 7.88. The number of halogens is 1. The van der Waals surface area contributed by atoms with Crippen molar-refractivity contribution in [3.63, 3.8) is 0 Å². The van der Waals surface area contributed by atoms with Gasteiger partial charge >= 0.3 is 0 Å². The number of rotatable bonds is 6. The standard InChI is InChI=1S/C20H18FN5O2S2/c1-13-3-6-16(7-4-13)26-19(11-14(2)24-26)23-15-5-8-18(17(21)12-15)30(27,28)25-20-22-9-10-29-20/h3-12,23H,1-2H3,(H,22,25). The van der Waals surface area contributed by atoms with Gasteiger partial charge in [0, 0.05) is 23.3 Å². The largest absolute Gasteiger partial charge is 0.340 e. The highest BCUT2D eigenvalue weighted by molar-refractivity contribution is 7.93. The summed E-state index contributed by atoms with van der Waals surface area (Å²) in [7, 11) is -4.08. The summed E-state index contributed by atoms with van der Waals surface area (Å²) < 4.78 is 43.5. The normalized spacial score (nSPS) is 11.4. The van der Waals surface area contributed by atoms with Crippen LogP contribution in [0.15, 0.2) is 65.0 Å². The molecule has 0 bridgehead atoms. The van der Waals surface area contributed by atoms with Gasteiger partial charge in [0.2, 0.25) is 0 Å². The Labute approximate surface area is 177 Å². The quantitative estimate of drug-likeness (QED) is 0.454. The molecule has 0 fully saturated rings. The zero-order valence-electron chi connectivity index (χ0n) is 16.1. The average molecular weight is 444 g/mol. The minimum atomic E-state index is -4.08. The molecule has 0 amide bonds. The molecule has 0 saturated carbocycles. The highest BCUT2D eigenvalue weighted by Gasteiger charge is 2.21. The smallest absolute Gasteiger partial charge is 0.266 e. The second-order valence-electron chi connectivity index (χ2n) is 6.63. The van der Waals surface area contributed by atoms with Crippen molar-refractivity contribution in [2.75, 3.05) is 10.0 Å². The first-order valence-corrected chi connectivity index (χ1v) is 11.3. The van der Waals surface area contributed by atoms with Crippen LogP contribution in [-0.2, 0) is 10.0 Å². The Balaban J connectivity index is 1.61. The number of anilines is 3. The van der Waals surface area contributed by atoms with E-state index >= 15 is 0 Å². The molecule has 0 aliphatic heterocycles. The van der Waals surface area contributed by atoms with E-state index in [1.165, 1.54) is 18.3 Å². The fraction of sp³-hybridized carbons (Fsp3) is 0.100. The van der Waals surface area contributed by atoms with Crippen LogP contribution in [0.5, 0.6) is 0 Å². The Morgan fingerprint density at radius 3 is 2.50 bits per heavy atom. The van der Waals surface area contributed by atoms with Gasteiger partial charge in [0.1, 0.15) is 16.5 Å². The van der Waals surface area contributed by atoms with Crippen molar-refractivity contribution in [2.24, 2.45) is 0 Å². The summed E-state index contributed by atoms with van der Waals surface area (Å²) >= 11 is 1.11. The van der Waals surface area contributed by atoms with Crippen LogP contribution >= 0.6 is 11.3 Å². The number of nitrogens with one attached hydrogen (secondary N) is 2. The average Bonchev–Trinajstić information content (AvgIpc) is 3.31. The van der Waals surface area contributed by atoms with Crippen LogP contribution in [0, 0.1) is 19.7 Å². The molecule has 7 nitrogen and oxygen atoms in total. The third-order valence-corrected chi connectivity index (χ3v) is 6.45. The van der Waals surface area contributed by atoms with E-state index in [0.29, 0.717) is 11.5 Å². The van der Waals surface area contributed by atoms with Crippen molar-refractivity contribution in [2.45, 2.75) is 18.7 Å². The van der Waals surface area contributed by atoms with Crippen LogP contribution < -0.4 is 10.0 Å². The summed E-state index contributed by atoms with van der Waals surface area (Å²) in [5.74, 6) is -0.241. The van der Waals surface area contributed by atoms with E-state index in [4.69, 9.17) is 0 Å². The van der Waals surface area contributed by atoms with E-state index in [0.717, 1.165) is 34.3 Å². The number of aromatic nitrogens is 3. The lowest BCUT2D eigenvalue weighted by Crippen LogP contribution is -2.14. The highest BCUT2D eigenvalue weighted by Crippen LogP contribution is 2.26. The molecule has 0 atom stereocenters. The Kier molecular flexibility index (Phi) is 5.27. The molecule has 10 heteroatoms. The lowest BCUT2D eigenvalue weighted by atomic mass is 10.2. The van der Waals surface area contributed by atoms with Crippen LogP contribution in [0.25, 0.3) is 5.69 Å². The van der Waals surface area contributed by atoms with Crippen LogP contribution in [0.3, 0.4) is 0 Å². The summed E-state index contributed by atoms with van der Waals surface area (Å²) in [6, 6.07) is 13.5. The summed E-state index contributed by atoms with van der Waals surface area (Å²) in [5.41, 5.74) is 3.16. The molecule has 0 radical (unpaired) electrons. The van der Waals surface area contributed by atoms with E-state index in [2.05, 4.69) is 20.1 Å². The number of sulfonamides is 1. The van der Waals surface area contributed by atoms with Gasteiger partial charge in [-0.1, -0.05) is 17.7 Å². The van der Waals surface area contributed by atoms with Gasteiger partial charge in [-0.15, -0.1) is 11.3 Å². The third-order valence-electron chi connectivity index (χ3n) is 4.26. The molecule has 2 heterocycles. The maximum absolute atomic E-state index is 14.7. The molecule has 30 heavy (non-hydrogen) atoms. The molecule has 0 spiro atoms. The van der Waals surface area contributed by atoms with Crippen molar-refractivity contribution < 1.29 is 12.8 Å². The second-order valence-corrected chi connectivity index (χ2v) is 9.18. The zero-order chi connectivity index (χ0) is 21.3. The lowest BCUT2D eigenvalue weighted by molar-refractivity contribution is 0.570. The van der Waals surface area contributed by atoms with E-state index in [1.54, 1.807) is 10.1 Å². The first-order valence-electron chi connectivity index (χ1n) is 8.94. The van der Waals surface area contributed by atoms with Crippen LogP contribution in [0.4, 0.5) is 21.0 Å². The predicted octanol–water partition coefficient (Wildman–Crippen LogP) is 4.63. The molecule has 0 saturated heterocycles. The molecule has 2 N–H and O–H groups in total. The molecule has 0 unspecified atom stereocenters. The van der Waals surface area contributed by atoms with Crippen LogP contribution in [0.1, 0.15) is 11.3 Å². The molecule has 154 valence electrons. The fourth-order valence-corrected chi connectivity index (χ4v) is 4.71. The Morgan fingerprint density at radius 1 is 1.07 bits per heavy atom. The number of aryl methyl sites for hydroxylation is 2. The van der Waals surface area contributed by atoms with Crippen molar-refractivity contribution in [3.05, 3.63) is 77.2 Å². The van der Waals surface area contributed by atoms with Crippen molar-refractivity contribution in [3.8, 4) is 5.69 Å². The van der Waals surface area contributed by atoms with Gasteiger partial charge in [0.05, 0.1) is 11.4 Å². The first-order chi connectivity index (χ1) is 14.3. The SMILES string of the molecule is Cc1ccc(-n2nc(C)cc2Nc2ccc(S(=O)(=O)Nc3nccs3)c(F)c2)cc1. The molecular weight excluding hydrogens is 425 g/mol. The van der Waals surface area contributed by atoms with Gasteiger partial charge in [-0.05, 0) is 44.2 Å². The molecule has 2 aromatic heterocycles. The zero-order valence-corrected chi connectivity index (χ0v) is 17.8. The number of hydrogen-bond donors (Lipinski definition) is 2. The number of benzene rings is 2. The first kappa shape index (κ1) is 20.0. The molecule has 4 rings (SSSR count). The maximum Gasteiger partial charge on any atom is 0.266 e. The van der Waals surface area contributed by atoms with Crippen LogP contribution in [0.2, 0.25) is 0 Å². The fourth-order valence-electron chi connectivity index (χ4n) is 2.86. The van der Waals surface area contributed by atoms with Crippen molar-refractivity contribution in [1.82, 2.24) is 14.8 Å². The Bertz CT molecular complexity index is 1280. The number of thiazole rings is 1. The van der Waals surface area contributed by atoms with E-state index in [-0.39, 0.29) is 5.13 Å². The van der Waals surface area contributed by atoms with Gasteiger partial charge in [-0.2, -0.15) is 5.10 Å². The summed E-state index contributed by atoms with van der Waals surface area (Å²) in [6.45, 7) is 3.86. The molecular formula is C20H18FN5O2S2. The number of hydrogen-bond acceptors (Lipinski definition) is 6. The summed E-state index contributed by atoms with van der Waals surface area (Å²) in [4.78, 5) is 3.41. The highest BCUT2D eigenvalue weighted by atomic mass is 32.2. The Morgan fingerprint density at radius 2 is 1.83 bits per heavy atom. The van der Waals surface area contributed by atoms with E-state index in [9.17, 15) is 12.8 Å². The number of nitrogens with zero attached hydrogens (tertiary/aromatic N) is 3. The van der Waals surface area contributed by atoms with Gasteiger partial charge in [0.15, 0.2) is 5.13 Å². The Hall–Kier alpha value is -3.24. The predicted molar refractivity (Wildman–Crippen MR) is 116 cm³/mol. The van der Waals surface area contributed by atoms with Crippen LogP contribution in [-0.4, -0.2) is 23.2 Å². The monoisotopic (exact) mass is 443 g/mol. The van der Waals surface area contributed by atoms with Crippen molar-refractivity contribution in [1.29, 1.82) is 0 Å². The molecule has 0 aliphatic rings. The van der Waals surface area contributed by atoms with Crippen molar-refractivity contribution >= 4 is 38.0 Å². The summed E-state index contributed by atoms with van der Waals surface area (Å²) in [5, 5.41) is 9.38. The molecule has 4 aromatic rings. The topological polar surface area (TPSA) is 88.9 Å². The maximum atomic E-state index is 14.7. The van der Waals surface area contributed by atoms with E-state index in [1.807, 2.05) is 44.2 Å². The molecule has 2 aromatic carbocycles. The summed E-state index contributed by atoms with van der Waals surface area (Å²) in [6.07, 6.45) is 1.46. The van der Waals surface area contributed by atoms with E-state index < -0.39 is 20.7 Å². The third kappa shape index (κ3) is 4.19. The molecule has 0 aliphatic carbocycles. The van der Waals surface area contributed by atoms with Gasteiger partial charge in [-0.3, -0.25) is 4.72 Å². The minimum Gasteiger partial charge on any atom is -0.340 e.